The first kappa shape index (κ1) is 13.8. The van der Waals surface area contributed by atoms with E-state index in [1.54, 1.807) is 12.1 Å². The van der Waals surface area contributed by atoms with Gasteiger partial charge in [0.2, 0.25) is 0 Å². The molecule has 0 spiro atoms. The fraction of sp³-hybridized carbons (Fsp3) is 0.0769. The molecule has 0 aliphatic carbocycles. The van der Waals surface area contributed by atoms with Gasteiger partial charge in [0.25, 0.3) is 5.91 Å². The number of benzene rings is 1. The Kier molecular flexibility index (Phi) is 3.69. The molecule has 0 saturated heterocycles. The Morgan fingerprint density at radius 2 is 2.00 bits per heavy atom. The second kappa shape index (κ2) is 5.33. The number of anilines is 1. The highest BCUT2D eigenvalue weighted by atomic mass is 35.5. The van der Waals surface area contributed by atoms with Crippen molar-refractivity contribution in [3.63, 3.8) is 0 Å². The molecule has 1 N–H and O–H groups in total. The van der Waals surface area contributed by atoms with E-state index in [1.807, 2.05) is 19.1 Å². The third-order valence-electron chi connectivity index (χ3n) is 2.77. The lowest BCUT2D eigenvalue weighted by Gasteiger charge is -1.97. The number of thiazole rings is 1. The van der Waals surface area contributed by atoms with Crippen LogP contribution in [0.3, 0.4) is 0 Å². The van der Waals surface area contributed by atoms with E-state index in [1.165, 1.54) is 22.7 Å². The summed E-state index contributed by atoms with van der Waals surface area (Å²) < 4.78 is 1.58. The summed E-state index contributed by atoms with van der Waals surface area (Å²) in [5.41, 5.74) is 1.74. The minimum atomic E-state index is -0.204. The Bertz CT molecular complexity index is 810. The van der Waals surface area contributed by atoms with E-state index in [0.717, 1.165) is 15.8 Å². The van der Waals surface area contributed by atoms with Crippen LogP contribution in [0.1, 0.15) is 15.2 Å². The van der Waals surface area contributed by atoms with Gasteiger partial charge in [0, 0.05) is 5.02 Å². The van der Waals surface area contributed by atoms with Gasteiger partial charge in [-0.1, -0.05) is 34.5 Å². The molecular formula is C13H8Cl2N2OS2. The number of rotatable bonds is 2. The number of hydrogen-bond donors (Lipinski definition) is 1. The van der Waals surface area contributed by atoms with E-state index in [9.17, 15) is 4.79 Å². The van der Waals surface area contributed by atoms with Crippen LogP contribution >= 0.6 is 45.9 Å². The van der Waals surface area contributed by atoms with Crippen LogP contribution in [0.25, 0.3) is 10.2 Å². The standard InChI is InChI=1S/C13H8Cl2N2OS2/c1-6-7(14)2-3-8-11(6)16-13(20-8)17-12(18)9-4-5-10(15)19-9/h2-5H,1H3,(H,16,17,18). The molecule has 102 valence electrons. The maximum absolute atomic E-state index is 12.0. The van der Waals surface area contributed by atoms with Crippen molar-refractivity contribution in [3.8, 4) is 0 Å². The molecule has 20 heavy (non-hydrogen) atoms. The van der Waals surface area contributed by atoms with E-state index in [4.69, 9.17) is 23.2 Å². The van der Waals surface area contributed by atoms with Crippen LogP contribution in [-0.2, 0) is 0 Å². The van der Waals surface area contributed by atoms with Crippen LogP contribution in [0.4, 0.5) is 5.13 Å². The summed E-state index contributed by atoms with van der Waals surface area (Å²) in [5, 5.41) is 4.01. The molecule has 1 amide bonds. The second-order valence-electron chi connectivity index (χ2n) is 4.10. The number of amides is 1. The van der Waals surface area contributed by atoms with Crippen molar-refractivity contribution < 1.29 is 4.79 Å². The van der Waals surface area contributed by atoms with Gasteiger partial charge < -0.3 is 0 Å². The average Bonchev–Trinajstić information content (AvgIpc) is 3.00. The number of aryl methyl sites for hydroxylation is 1. The van der Waals surface area contributed by atoms with E-state index in [2.05, 4.69) is 10.3 Å². The summed E-state index contributed by atoms with van der Waals surface area (Å²) in [6.45, 7) is 1.91. The van der Waals surface area contributed by atoms with E-state index >= 15 is 0 Å². The highest BCUT2D eigenvalue weighted by Crippen LogP contribution is 2.32. The molecule has 1 aromatic carbocycles. The van der Waals surface area contributed by atoms with Crippen LogP contribution in [0.2, 0.25) is 9.36 Å². The molecule has 0 saturated carbocycles. The molecule has 0 radical (unpaired) electrons. The molecular weight excluding hydrogens is 335 g/mol. The van der Waals surface area contributed by atoms with Crippen LogP contribution in [0.5, 0.6) is 0 Å². The van der Waals surface area contributed by atoms with Crippen molar-refractivity contribution in [2.24, 2.45) is 0 Å². The van der Waals surface area contributed by atoms with Crippen molar-refractivity contribution in [2.75, 3.05) is 5.32 Å². The van der Waals surface area contributed by atoms with E-state index < -0.39 is 0 Å². The number of nitrogens with zero attached hydrogens (tertiary/aromatic N) is 1. The monoisotopic (exact) mass is 342 g/mol. The van der Waals surface area contributed by atoms with Gasteiger partial charge in [0.15, 0.2) is 5.13 Å². The normalized spacial score (nSPS) is 10.9. The number of hydrogen-bond acceptors (Lipinski definition) is 4. The van der Waals surface area contributed by atoms with Crippen molar-refractivity contribution >= 4 is 67.1 Å². The molecule has 3 aromatic rings. The predicted octanol–water partition coefficient (Wildman–Crippen LogP) is 5.23. The fourth-order valence-electron chi connectivity index (χ4n) is 1.75. The number of thiophene rings is 1. The van der Waals surface area contributed by atoms with Crippen LogP contribution in [0.15, 0.2) is 24.3 Å². The highest BCUT2D eigenvalue weighted by molar-refractivity contribution is 7.22. The number of halogens is 2. The zero-order valence-electron chi connectivity index (χ0n) is 10.2. The first-order valence-electron chi connectivity index (χ1n) is 5.67. The topological polar surface area (TPSA) is 42.0 Å². The number of fused-ring (bicyclic) bond motifs is 1. The average molecular weight is 343 g/mol. The Morgan fingerprint density at radius 3 is 2.70 bits per heavy atom. The van der Waals surface area contributed by atoms with Gasteiger partial charge >= 0.3 is 0 Å². The lowest BCUT2D eigenvalue weighted by molar-refractivity contribution is 0.103. The SMILES string of the molecule is Cc1c(Cl)ccc2sc(NC(=O)c3ccc(Cl)s3)nc12. The molecule has 0 aliphatic heterocycles. The summed E-state index contributed by atoms with van der Waals surface area (Å²) in [5.74, 6) is -0.204. The molecule has 0 atom stereocenters. The molecule has 3 nitrogen and oxygen atoms in total. The molecule has 2 aromatic heterocycles. The van der Waals surface area contributed by atoms with Crippen molar-refractivity contribution in [1.29, 1.82) is 0 Å². The summed E-state index contributed by atoms with van der Waals surface area (Å²) in [6.07, 6.45) is 0. The van der Waals surface area contributed by atoms with Gasteiger partial charge in [-0.3, -0.25) is 10.1 Å². The number of carbonyl (C=O) groups is 1. The second-order valence-corrected chi connectivity index (χ2v) is 7.25. The van der Waals surface area contributed by atoms with Gasteiger partial charge in [0.1, 0.15) is 0 Å². The molecule has 0 aliphatic rings. The lowest BCUT2D eigenvalue weighted by Crippen LogP contribution is -2.09. The third kappa shape index (κ3) is 2.54. The first-order chi connectivity index (χ1) is 9.54. The van der Waals surface area contributed by atoms with Gasteiger partial charge in [-0.15, -0.1) is 11.3 Å². The van der Waals surface area contributed by atoms with Gasteiger partial charge in [0.05, 0.1) is 19.4 Å². The van der Waals surface area contributed by atoms with Gasteiger partial charge in [-0.2, -0.15) is 0 Å². The van der Waals surface area contributed by atoms with Crippen LogP contribution in [-0.4, -0.2) is 10.9 Å². The quantitative estimate of drug-likeness (QED) is 0.693. The van der Waals surface area contributed by atoms with Crippen molar-refractivity contribution in [2.45, 2.75) is 6.92 Å². The zero-order valence-corrected chi connectivity index (χ0v) is 13.4. The maximum atomic E-state index is 12.0. The summed E-state index contributed by atoms with van der Waals surface area (Å²) in [4.78, 5) is 17.0. The van der Waals surface area contributed by atoms with Crippen molar-refractivity contribution in [1.82, 2.24) is 4.98 Å². The molecule has 7 heteroatoms. The van der Waals surface area contributed by atoms with E-state index in [0.29, 0.717) is 19.4 Å². The fourth-order valence-corrected chi connectivity index (χ4v) is 3.76. The Hall–Kier alpha value is -1.14. The number of carbonyl (C=O) groups excluding carboxylic acids is 1. The maximum Gasteiger partial charge on any atom is 0.267 e. The molecule has 0 fully saturated rings. The Labute approximate surface area is 133 Å². The Balaban J connectivity index is 1.92. The highest BCUT2D eigenvalue weighted by Gasteiger charge is 2.13. The largest absolute Gasteiger partial charge is 0.297 e. The third-order valence-corrected chi connectivity index (χ3v) is 5.34. The minimum Gasteiger partial charge on any atom is -0.297 e. The smallest absolute Gasteiger partial charge is 0.267 e. The van der Waals surface area contributed by atoms with Gasteiger partial charge in [-0.05, 0) is 36.8 Å². The molecule has 3 rings (SSSR count). The predicted molar refractivity (Wildman–Crippen MR) is 86.6 cm³/mol. The van der Waals surface area contributed by atoms with E-state index in [-0.39, 0.29) is 5.91 Å². The number of aromatic nitrogens is 1. The van der Waals surface area contributed by atoms with Crippen LogP contribution < -0.4 is 5.32 Å². The summed E-state index contributed by atoms with van der Waals surface area (Å²) in [6, 6.07) is 7.13. The first-order valence-corrected chi connectivity index (χ1v) is 8.06. The lowest BCUT2D eigenvalue weighted by atomic mass is 10.2. The molecule has 0 bridgehead atoms. The summed E-state index contributed by atoms with van der Waals surface area (Å²) in [7, 11) is 0. The van der Waals surface area contributed by atoms with Crippen molar-refractivity contribution in [3.05, 3.63) is 44.1 Å². The minimum absolute atomic E-state index is 0.204. The zero-order chi connectivity index (χ0) is 14.3. The molecule has 0 unspecified atom stereocenters. The van der Waals surface area contributed by atoms with Gasteiger partial charge in [-0.25, -0.2) is 4.98 Å². The van der Waals surface area contributed by atoms with Crippen LogP contribution in [0, 0.1) is 6.92 Å². The Morgan fingerprint density at radius 1 is 1.20 bits per heavy atom. The summed E-state index contributed by atoms with van der Waals surface area (Å²) >= 11 is 14.5. The number of nitrogens with one attached hydrogen (secondary N) is 1. The molecule has 2 heterocycles.